The molecule has 1 amide bonds. The van der Waals surface area contributed by atoms with Gasteiger partial charge in [0.25, 0.3) is 0 Å². The third-order valence-electron chi connectivity index (χ3n) is 6.06. The van der Waals surface area contributed by atoms with Crippen LogP contribution in [0.1, 0.15) is 50.1 Å². The Morgan fingerprint density at radius 1 is 0.897 bits per heavy atom. The van der Waals surface area contributed by atoms with E-state index in [1.165, 1.54) is 0 Å². The number of benzene rings is 2. The molecule has 1 atom stereocenters. The van der Waals surface area contributed by atoms with E-state index in [-0.39, 0.29) is 17.2 Å². The molecule has 2 aliphatic rings. The van der Waals surface area contributed by atoms with E-state index in [4.69, 9.17) is 0 Å². The molecule has 1 saturated carbocycles. The number of rotatable bonds is 6. The number of hydrogen-bond acceptors (Lipinski definition) is 4. The van der Waals surface area contributed by atoms with E-state index in [9.17, 15) is 13.2 Å². The minimum Gasteiger partial charge on any atom is -0.324 e. The normalized spacial score (nSPS) is 19.3. The van der Waals surface area contributed by atoms with Crippen molar-refractivity contribution in [2.24, 2.45) is 0 Å². The number of amides is 1. The van der Waals surface area contributed by atoms with Gasteiger partial charge in [-0.05, 0) is 68.6 Å². The number of nitrogens with zero attached hydrogens (tertiary/aromatic N) is 1. The smallest absolute Gasteiger partial charge is 0.246 e. The van der Waals surface area contributed by atoms with Crippen molar-refractivity contribution in [1.82, 2.24) is 4.90 Å². The second-order valence-corrected chi connectivity index (χ2v) is 10.2. The van der Waals surface area contributed by atoms with E-state index >= 15 is 0 Å². The van der Waals surface area contributed by atoms with Crippen molar-refractivity contribution < 1.29 is 13.2 Å². The van der Waals surface area contributed by atoms with Crippen LogP contribution in [-0.2, 0) is 14.6 Å². The number of anilines is 1. The highest BCUT2D eigenvalue weighted by molar-refractivity contribution is 7.92. The van der Waals surface area contributed by atoms with Gasteiger partial charge in [0.2, 0.25) is 5.91 Å². The summed E-state index contributed by atoms with van der Waals surface area (Å²) >= 11 is 0. The highest BCUT2D eigenvalue weighted by Crippen LogP contribution is 2.31. The van der Waals surface area contributed by atoms with Gasteiger partial charge >= 0.3 is 0 Å². The van der Waals surface area contributed by atoms with E-state index in [2.05, 4.69) is 10.2 Å². The van der Waals surface area contributed by atoms with Gasteiger partial charge in [-0.1, -0.05) is 43.2 Å². The molecule has 1 unspecified atom stereocenters. The van der Waals surface area contributed by atoms with Gasteiger partial charge in [0.1, 0.15) is 6.04 Å². The van der Waals surface area contributed by atoms with Gasteiger partial charge in [-0.3, -0.25) is 9.69 Å². The molecule has 2 fully saturated rings. The SMILES string of the molecule is O=C(Nc1ccc(S(=O)(=O)C2CCCC2)cc1)C(c1ccccc1)N1CCCC1. The minimum atomic E-state index is -3.28. The molecule has 0 spiro atoms. The highest BCUT2D eigenvalue weighted by atomic mass is 32.2. The second-order valence-electron chi connectivity index (χ2n) is 8.02. The van der Waals surface area contributed by atoms with E-state index in [0.29, 0.717) is 10.6 Å². The third-order valence-corrected chi connectivity index (χ3v) is 8.34. The molecule has 6 heteroatoms. The molecule has 1 aliphatic carbocycles. The quantitative estimate of drug-likeness (QED) is 0.773. The molecule has 1 aliphatic heterocycles. The van der Waals surface area contributed by atoms with E-state index < -0.39 is 9.84 Å². The zero-order valence-corrected chi connectivity index (χ0v) is 17.4. The lowest BCUT2D eigenvalue weighted by atomic mass is 10.0. The van der Waals surface area contributed by atoms with Crippen LogP contribution in [0.3, 0.4) is 0 Å². The molecule has 1 N–H and O–H groups in total. The van der Waals surface area contributed by atoms with Crippen LogP contribution < -0.4 is 5.32 Å². The highest BCUT2D eigenvalue weighted by Gasteiger charge is 2.31. The minimum absolute atomic E-state index is 0.0792. The summed E-state index contributed by atoms with van der Waals surface area (Å²) in [6.07, 6.45) is 5.66. The Bertz CT molecular complexity index is 930. The summed E-state index contributed by atoms with van der Waals surface area (Å²) in [6, 6.07) is 16.1. The number of hydrogen-bond donors (Lipinski definition) is 1. The van der Waals surface area contributed by atoms with Crippen molar-refractivity contribution in [3.05, 3.63) is 60.2 Å². The van der Waals surface area contributed by atoms with Gasteiger partial charge in [-0.15, -0.1) is 0 Å². The Hall–Kier alpha value is -2.18. The number of carbonyl (C=O) groups is 1. The number of likely N-dealkylation sites (tertiary alicyclic amines) is 1. The molecule has 4 rings (SSSR count). The second kappa shape index (κ2) is 8.67. The molecular weight excluding hydrogens is 384 g/mol. The lowest BCUT2D eigenvalue weighted by Gasteiger charge is -2.27. The number of nitrogens with one attached hydrogen (secondary N) is 1. The van der Waals surface area contributed by atoms with Gasteiger partial charge in [0.15, 0.2) is 9.84 Å². The van der Waals surface area contributed by atoms with E-state index in [1.54, 1.807) is 24.3 Å². The van der Waals surface area contributed by atoms with Crippen LogP contribution in [0.25, 0.3) is 0 Å². The Morgan fingerprint density at radius 2 is 1.52 bits per heavy atom. The first-order valence-electron chi connectivity index (χ1n) is 10.5. The zero-order chi connectivity index (χ0) is 20.3. The Kier molecular flexibility index (Phi) is 6.01. The summed E-state index contributed by atoms with van der Waals surface area (Å²) in [4.78, 5) is 15.7. The Balaban J connectivity index is 1.50. The van der Waals surface area contributed by atoms with Crippen LogP contribution in [0, 0.1) is 0 Å². The van der Waals surface area contributed by atoms with Crippen LogP contribution in [0.2, 0.25) is 0 Å². The standard InChI is InChI=1S/C23H28N2O3S/c26-23(22(25-16-6-7-17-25)18-8-2-1-3-9-18)24-19-12-14-21(15-13-19)29(27,28)20-10-4-5-11-20/h1-3,8-9,12-15,20,22H,4-7,10-11,16-17H2,(H,24,26). The molecule has 0 radical (unpaired) electrons. The van der Waals surface area contributed by atoms with Crippen molar-refractivity contribution in [2.45, 2.75) is 54.7 Å². The molecule has 1 saturated heterocycles. The van der Waals surface area contributed by atoms with Crippen LogP contribution in [0.5, 0.6) is 0 Å². The molecule has 0 aromatic heterocycles. The van der Waals surface area contributed by atoms with Crippen LogP contribution >= 0.6 is 0 Å². The van der Waals surface area contributed by atoms with Crippen molar-refractivity contribution in [2.75, 3.05) is 18.4 Å². The van der Waals surface area contributed by atoms with Gasteiger partial charge < -0.3 is 5.32 Å². The molecule has 154 valence electrons. The lowest BCUT2D eigenvalue weighted by Crippen LogP contribution is -2.35. The zero-order valence-electron chi connectivity index (χ0n) is 16.6. The predicted molar refractivity (Wildman–Crippen MR) is 115 cm³/mol. The fourth-order valence-corrected chi connectivity index (χ4v) is 6.35. The van der Waals surface area contributed by atoms with Crippen LogP contribution in [0.4, 0.5) is 5.69 Å². The average Bonchev–Trinajstić information content (AvgIpc) is 3.44. The summed E-state index contributed by atoms with van der Waals surface area (Å²) in [5.41, 5.74) is 1.60. The maximum atomic E-state index is 13.1. The van der Waals surface area contributed by atoms with Gasteiger partial charge in [-0.2, -0.15) is 0 Å². The predicted octanol–water partition coefficient (Wildman–Crippen LogP) is 4.18. The first kappa shape index (κ1) is 20.1. The average molecular weight is 413 g/mol. The molecule has 1 heterocycles. The van der Waals surface area contributed by atoms with E-state index in [0.717, 1.165) is 57.2 Å². The summed E-state index contributed by atoms with van der Waals surface area (Å²) in [5, 5.41) is 2.73. The summed E-state index contributed by atoms with van der Waals surface area (Å²) < 4.78 is 25.5. The molecule has 2 aromatic carbocycles. The fourth-order valence-electron chi connectivity index (χ4n) is 4.49. The fraction of sp³-hybridized carbons (Fsp3) is 0.435. The number of sulfone groups is 1. The van der Waals surface area contributed by atoms with Gasteiger partial charge in [-0.25, -0.2) is 8.42 Å². The lowest BCUT2D eigenvalue weighted by molar-refractivity contribution is -0.121. The summed E-state index contributed by atoms with van der Waals surface area (Å²) in [5.74, 6) is -0.0792. The molecule has 5 nitrogen and oxygen atoms in total. The summed E-state index contributed by atoms with van der Waals surface area (Å²) in [7, 11) is -3.28. The van der Waals surface area contributed by atoms with Crippen molar-refractivity contribution >= 4 is 21.4 Å². The van der Waals surface area contributed by atoms with Crippen molar-refractivity contribution in [3.8, 4) is 0 Å². The molecular formula is C23H28N2O3S. The van der Waals surface area contributed by atoms with Gasteiger partial charge in [0, 0.05) is 5.69 Å². The van der Waals surface area contributed by atoms with Crippen molar-refractivity contribution in [1.29, 1.82) is 0 Å². The maximum absolute atomic E-state index is 13.1. The monoisotopic (exact) mass is 412 g/mol. The maximum Gasteiger partial charge on any atom is 0.246 e. The third kappa shape index (κ3) is 4.38. The first-order valence-corrected chi connectivity index (χ1v) is 12.0. The molecule has 29 heavy (non-hydrogen) atoms. The Morgan fingerprint density at radius 3 is 2.14 bits per heavy atom. The van der Waals surface area contributed by atoms with Gasteiger partial charge in [0.05, 0.1) is 10.1 Å². The number of carbonyl (C=O) groups excluding carboxylic acids is 1. The molecule has 2 aromatic rings. The summed E-state index contributed by atoms with van der Waals surface area (Å²) in [6.45, 7) is 1.82. The topological polar surface area (TPSA) is 66.5 Å². The Labute approximate surface area is 173 Å². The molecule has 0 bridgehead atoms. The van der Waals surface area contributed by atoms with Crippen LogP contribution in [-0.4, -0.2) is 37.6 Å². The van der Waals surface area contributed by atoms with E-state index in [1.807, 2.05) is 30.3 Å². The van der Waals surface area contributed by atoms with Crippen molar-refractivity contribution in [3.63, 3.8) is 0 Å². The largest absolute Gasteiger partial charge is 0.324 e. The first-order chi connectivity index (χ1) is 14.1. The van der Waals surface area contributed by atoms with Crippen LogP contribution in [0.15, 0.2) is 59.5 Å².